The minimum absolute atomic E-state index is 0.122. The summed E-state index contributed by atoms with van der Waals surface area (Å²) in [5, 5.41) is 6.60. The summed E-state index contributed by atoms with van der Waals surface area (Å²) >= 11 is 6.13. The molecule has 0 saturated carbocycles. The van der Waals surface area contributed by atoms with Crippen molar-refractivity contribution in [3.05, 3.63) is 83.3 Å². The zero-order chi connectivity index (χ0) is 17.6. The van der Waals surface area contributed by atoms with E-state index in [9.17, 15) is 4.79 Å². The zero-order valence-electron chi connectivity index (χ0n) is 13.6. The minimum atomic E-state index is -0.263. The largest absolute Gasteiger partial charge is 0.344 e. The molecule has 1 unspecified atom stereocenters. The van der Waals surface area contributed by atoms with Crippen LogP contribution in [0, 0.1) is 0 Å². The number of halogens is 1. The Morgan fingerprint density at radius 3 is 2.52 bits per heavy atom. The molecule has 5 nitrogen and oxygen atoms in total. The van der Waals surface area contributed by atoms with E-state index in [0.29, 0.717) is 16.5 Å². The highest BCUT2D eigenvalue weighted by molar-refractivity contribution is 6.33. The molecule has 25 heavy (non-hydrogen) atoms. The van der Waals surface area contributed by atoms with E-state index in [1.54, 1.807) is 12.1 Å². The summed E-state index contributed by atoms with van der Waals surface area (Å²) in [6.45, 7) is 1.93. The predicted octanol–water partition coefficient (Wildman–Crippen LogP) is 4.36. The number of aromatic nitrogens is 2. The van der Waals surface area contributed by atoms with Gasteiger partial charge in [0.15, 0.2) is 0 Å². The predicted molar refractivity (Wildman–Crippen MR) is 99.1 cm³/mol. The fourth-order valence-electron chi connectivity index (χ4n) is 2.35. The third-order valence-corrected chi connectivity index (χ3v) is 4.01. The standard InChI is InChI=1S/C19H17ClN4O/c1-13(14-7-3-2-4-8-14)23-19(25)17-11-18(22-12-21-17)24-16-10-6-5-9-15(16)20/h2-13H,1H3,(H,23,25)(H,21,22,24). The molecule has 3 aromatic rings. The summed E-state index contributed by atoms with van der Waals surface area (Å²) in [7, 11) is 0. The fraction of sp³-hybridized carbons (Fsp3) is 0.105. The average molecular weight is 353 g/mol. The van der Waals surface area contributed by atoms with Gasteiger partial charge < -0.3 is 10.6 Å². The van der Waals surface area contributed by atoms with Crippen molar-refractivity contribution < 1.29 is 4.79 Å². The Labute approximate surface area is 151 Å². The second kappa shape index (κ2) is 7.77. The molecule has 1 heterocycles. The molecule has 0 aliphatic rings. The molecular weight excluding hydrogens is 336 g/mol. The number of nitrogens with one attached hydrogen (secondary N) is 2. The van der Waals surface area contributed by atoms with Crippen LogP contribution in [0.1, 0.15) is 29.0 Å². The lowest BCUT2D eigenvalue weighted by Crippen LogP contribution is -2.27. The third kappa shape index (κ3) is 4.33. The lowest BCUT2D eigenvalue weighted by Gasteiger charge is -2.14. The van der Waals surface area contributed by atoms with Crippen LogP contribution in [0.25, 0.3) is 0 Å². The van der Waals surface area contributed by atoms with Gasteiger partial charge in [0.1, 0.15) is 17.8 Å². The second-order valence-corrected chi connectivity index (χ2v) is 5.91. The first kappa shape index (κ1) is 16.9. The Morgan fingerprint density at radius 1 is 1.04 bits per heavy atom. The van der Waals surface area contributed by atoms with Crippen LogP contribution in [-0.4, -0.2) is 15.9 Å². The molecule has 2 N–H and O–H groups in total. The first-order chi connectivity index (χ1) is 12.1. The molecule has 1 aromatic heterocycles. The molecule has 1 atom stereocenters. The molecule has 0 fully saturated rings. The Balaban J connectivity index is 1.72. The van der Waals surface area contributed by atoms with Gasteiger partial charge in [-0.05, 0) is 24.6 Å². The summed E-state index contributed by atoms with van der Waals surface area (Å²) in [5.74, 6) is 0.238. The van der Waals surface area contributed by atoms with Crippen molar-refractivity contribution in [2.45, 2.75) is 13.0 Å². The molecular formula is C19H17ClN4O. The summed E-state index contributed by atoms with van der Waals surface area (Å²) in [6, 6.07) is 18.5. The van der Waals surface area contributed by atoms with Crippen molar-refractivity contribution in [3.63, 3.8) is 0 Å². The van der Waals surface area contributed by atoms with Gasteiger partial charge in [0.2, 0.25) is 0 Å². The van der Waals surface area contributed by atoms with E-state index in [4.69, 9.17) is 11.6 Å². The van der Waals surface area contributed by atoms with Gasteiger partial charge in [-0.3, -0.25) is 4.79 Å². The zero-order valence-corrected chi connectivity index (χ0v) is 14.4. The van der Waals surface area contributed by atoms with Crippen LogP contribution in [0.3, 0.4) is 0 Å². The van der Waals surface area contributed by atoms with Crippen LogP contribution in [0.15, 0.2) is 67.0 Å². The van der Waals surface area contributed by atoms with E-state index in [0.717, 1.165) is 5.56 Å². The molecule has 0 saturated heterocycles. The first-order valence-corrected chi connectivity index (χ1v) is 8.20. The van der Waals surface area contributed by atoms with E-state index >= 15 is 0 Å². The second-order valence-electron chi connectivity index (χ2n) is 5.50. The number of para-hydroxylation sites is 1. The number of nitrogens with zero attached hydrogens (tertiary/aromatic N) is 2. The number of hydrogen-bond donors (Lipinski definition) is 2. The van der Waals surface area contributed by atoms with Gasteiger partial charge in [0, 0.05) is 6.07 Å². The molecule has 0 bridgehead atoms. The van der Waals surface area contributed by atoms with Crippen molar-refractivity contribution in [1.82, 2.24) is 15.3 Å². The van der Waals surface area contributed by atoms with Gasteiger partial charge in [-0.25, -0.2) is 9.97 Å². The van der Waals surface area contributed by atoms with E-state index in [1.807, 2.05) is 55.5 Å². The van der Waals surface area contributed by atoms with E-state index < -0.39 is 0 Å². The lowest BCUT2D eigenvalue weighted by molar-refractivity contribution is 0.0934. The van der Waals surface area contributed by atoms with E-state index in [1.165, 1.54) is 6.33 Å². The molecule has 6 heteroatoms. The van der Waals surface area contributed by atoms with Gasteiger partial charge in [-0.2, -0.15) is 0 Å². The molecule has 2 aromatic carbocycles. The van der Waals surface area contributed by atoms with Crippen molar-refractivity contribution in [2.75, 3.05) is 5.32 Å². The highest BCUT2D eigenvalue weighted by atomic mass is 35.5. The molecule has 0 radical (unpaired) electrons. The maximum Gasteiger partial charge on any atom is 0.270 e. The SMILES string of the molecule is CC(NC(=O)c1cc(Nc2ccccc2Cl)ncn1)c1ccccc1. The van der Waals surface area contributed by atoms with E-state index in [-0.39, 0.29) is 17.6 Å². The van der Waals surface area contributed by atoms with Gasteiger partial charge >= 0.3 is 0 Å². The highest BCUT2D eigenvalue weighted by Gasteiger charge is 2.13. The summed E-state index contributed by atoms with van der Waals surface area (Å²) in [6.07, 6.45) is 1.35. The number of carbonyl (C=O) groups excluding carboxylic acids is 1. The normalized spacial score (nSPS) is 11.6. The van der Waals surface area contributed by atoms with Gasteiger partial charge in [-0.15, -0.1) is 0 Å². The molecule has 0 aliphatic carbocycles. The smallest absolute Gasteiger partial charge is 0.270 e. The average Bonchev–Trinajstić information content (AvgIpc) is 2.64. The van der Waals surface area contributed by atoms with Gasteiger partial charge in [0.25, 0.3) is 5.91 Å². The maximum atomic E-state index is 12.4. The lowest BCUT2D eigenvalue weighted by atomic mass is 10.1. The van der Waals surface area contributed by atoms with Crippen LogP contribution < -0.4 is 10.6 Å². The Bertz CT molecular complexity index is 870. The molecule has 1 amide bonds. The number of benzene rings is 2. The number of hydrogen-bond acceptors (Lipinski definition) is 4. The van der Waals surface area contributed by atoms with E-state index in [2.05, 4.69) is 20.6 Å². The van der Waals surface area contributed by atoms with Crippen LogP contribution in [0.4, 0.5) is 11.5 Å². The molecule has 126 valence electrons. The number of rotatable bonds is 5. The third-order valence-electron chi connectivity index (χ3n) is 3.68. The van der Waals surface area contributed by atoms with Gasteiger partial charge in [-0.1, -0.05) is 54.1 Å². The van der Waals surface area contributed by atoms with Crippen molar-refractivity contribution in [1.29, 1.82) is 0 Å². The summed E-state index contributed by atoms with van der Waals surface area (Å²) in [4.78, 5) is 20.6. The number of amides is 1. The number of anilines is 2. The summed E-state index contributed by atoms with van der Waals surface area (Å²) < 4.78 is 0. The summed E-state index contributed by atoms with van der Waals surface area (Å²) in [5.41, 5.74) is 2.03. The van der Waals surface area contributed by atoms with Crippen LogP contribution in [0.2, 0.25) is 5.02 Å². The Hall–Kier alpha value is -2.92. The van der Waals surface area contributed by atoms with Crippen LogP contribution >= 0.6 is 11.6 Å². The van der Waals surface area contributed by atoms with Crippen LogP contribution in [-0.2, 0) is 0 Å². The quantitative estimate of drug-likeness (QED) is 0.715. The number of carbonyl (C=O) groups is 1. The monoisotopic (exact) mass is 352 g/mol. The molecule has 0 spiro atoms. The fourth-order valence-corrected chi connectivity index (χ4v) is 2.53. The van der Waals surface area contributed by atoms with Crippen molar-refractivity contribution in [2.24, 2.45) is 0 Å². The Kier molecular flexibility index (Phi) is 5.26. The minimum Gasteiger partial charge on any atom is -0.344 e. The van der Waals surface area contributed by atoms with Crippen molar-refractivity contribution in [3.8, 4) is 0 Å². The maximum absolute atomic E-state index is 12.4. The van der Waals surface area contributed by atoms with Gasteiger partial charge in [0.05, 0.1) is 16.8 Å². The van der Waals surface area contributed by atoms with Crippen molar-refractivity contribution >= 4 is 29.0 Å². The molecule has 0 aliphatic heterocycles. The van der Waals surface area contributed by atoms with Crippen LogP contribution in [0.5, 0.6) is 0 Å². The topological polar surface area (TPSA) is 66.9 Å². The first-order valence-electron chi connectivity index (χ1n) is 7.83. The highest BCUT2D eigenvalue weighted by Crippen LogP contribution is 2.23. The molecule has 3 rings (SSSR count). The Morgan fingerprint density at radius 2 is 1.76 bits per heavy atom.